The van der Waals surface area contributed by atoms with Crippen molar-refractivity contribution in [2.24, 2.45) is 10.8 Å². The molecule has 1 amide bonds. The highest BCUT2D eigenvalue weighted by Crippen LogP contribution is 2.10. The fourth-order valence-electron chi connectivity index (χ4n) is 1.56. The summed E-state index contributed by atoms with van der Waals surface area (Å²) in [6.07, 6.45) is -0.152. The van der Waals surface area contributed by atoms with Crippen LogP contribution in [-0.4, -0.2) is 24.3 Å². The zero-order chi connectivity index (χ0) is 15.1. The van der Waals surface area contributed by atoms with Gasteiger partial charge in [-0.2, -0.15) is 5.10 Å². The van der Waals surface area contributed by atoms with E-state index in [2.05, 4.69) is 10.5 Å². The van der Waals surface area contributed by atoms with Crippen molar-refractivity contribution in [2.45, 2.75) is 27.2 Å². The van der Waals surface area contributed by atoms with Gasteiger partial charge < -0.3 is 10.5 Å². The Morgan fingerprint density at radius 2 is 2.05 bits per heavy atom. The van der Waals surface area contributed by atoms with Crippen LogP contribution in [0.4, 0.5) is 0 Å². The lowest BCUT2D eigenvalue weighted by atomic mass is 10.1. The second-order valence-electron chi connectivity index (χ2n) is 4.34. The van der Waals surface area contributed by atoms with Gasteiger partial charge in [0, 0.05) is 5.56 Å². The summed E-state index contributed by atoms with van der Waals surface area (Å²) in [6, 6.07) is 5.54. The normalized spacial score (nSPS) is 11.1. The van der Waals surface area contributed by atoms with Gasteiger partial charge in [0.05, 0.1) is 6.61 Å². The Labute approximate surface area is 118 Å². The fraction of sp³-hybridized carbons (Fsp3) is 0.357. The number of benzene rings is 1. The maximum absolute atomic E-state index is 11.9. The monoisotopic (exact) mass is 277 g/mol. The van der Waals surface area contributed by atoms with Crippen molar-refractivity contribution >= 4 is 17.7 Å². The quantitative estimate of drug-likeness (QED) is 0.366. The molecular formula is C14H19N3O3. The van der Waals surface area contributed by atoms with Crippen molar-refractivity contribution in [3.05, 3.63) is 34.9 Å². The number of hydrogen-bond donors (Lipinski definition) is 2. The van der Waals surface area contributed by atoms with Gasteiger partial charge in [0.15, 0.2) is 0 Å². The first-order valence-corrected chi connectivity index (χ1v) is 6.29. The number of carbonyl (C=O) groups excluding carboxylic acids is 2. The molecule has 0 bridgehead atoms. The number of nitrogens with two attached hydrogens (primary N) is 1. The molecule has 0 saturated carbocycles. The van der Waals surface area contributed by atoms with Crippen LogP contribution in [0, 0.1) is 13.8 Å². The fourth-order valence-corrected chi connectivity index (χ4v) is 1.56. The van der Waals surface area contributed by atoms with Crippen molar-refractivity contribution in [2.75, 3.05) is 6.61 Å². The summed E-state index contributed by atoms with van der Waals surface area (Å²) in [4.78, 5) is 23.1. The van der Waals surface area contributed by atoms with Crippen molar-refractivity contribution in [1.82, 2.24) is 5.43 Å². The summed E-state index contributed by atoms with van der Waals surface area (Å²) >= 11 is 0. The summed E-state index contributed by atoms with van der Waals surface area (Å²) in [6.45, 7) is 5.71. The van der Waals surface area contributed by atoms with Crippen LogP contribution in [0.15, 0.2) is 23.3 Å². The molecule has 3 N–H and O–H groups in total. The Balaban J connectivity index is 2.66. The van der Waals surface area contributed by atoms with Crippen LogP contribution in [0.5, 0.6) is 0 Å². The van der Waals surface area contributed by atoms with E-state index in [0.29, 0.717) is 5.56 Å². The number of ether oxygens (including phenoxy) is 1. The molecule has 0 aliphatic carbocycles. The van der Waals surface area contributed by atoms with E-state index in [1.165, 1.54) is 0 Å². The maximum Gasteiger partial charge on any atom is 0.313 e. The van der Waals surface area contributed by atoms with E-state index in [4.69, 9.17) is 10.5 Å². The van der Waals surface area contributed by atoms with E-state index >= 15 is 0 Å². The lowest BCUT2D eigenvalue weighted by molar-refractivity contribution is -0.141. The first kappa shape index (κ1) is 15.7. The van der Waals surface area contributed by atoms with E-state index in [1.807, 2.05) is 26.0 Å². The lowest BCUT2D eigenvalue weighted by Crippen LogP contribution is -2.26. The Kier molecular flexibility index (Phi) is 5.71. The number of hydrazone groups is 1. The molecule has 20 heavy (non-hydrogen) atoms. The number of aryl methyl sites for hydroxylation is 2. The summed E-state index contributed by atoms with van der Waals surface area (Å²) in [7, 11) is 0. The molecule has 0 radical (unpaired) electrons. The standard InChI is InChI=1S/C14H19N3O3/c1-4-20-13(18)8-12(15)16-17-14(19)11-7-9(2)5-6-10(11)3/h5-7H,4,8H2,1-3H3,(H2,15,16)(H,17,19). The number of hydrogen-bond acceptors (Lipinski definition) is 4. The predicted octanol–water partition coefficient (Wildman–Crippen LogP) is 1.26. The number of esters is 1. The minimum absolute atomic E-state index is 0.00195. The second-order valence-corrected chi connectivity index (χ2v) is 4.34. The van der Waals surface area contributed by atoms with Crippen LogP contribution in [0.1, 0.15) is 34.8 Å². The topological polar surface area (TPSA) is 93.8 Å². The van der Waals surface area contributed by atoms with Gasteiger partial charge in [0.1, 0.15) is 12.3 Å². The van der Waals surface area contributed by atoms with Gasteiger partial charge in [0.25, 0.3) is 5.91 Å². The molecule has 0 aliphatic rings. The van der Waals surface area contributed by atoms with Crippen LogP contribution in [0.25, 0.3) is 0 Å². The van der Waals surface area contributed by atoms with Gasteiger partial charge in [-0.25, -0.2) is 5.43 Å². The number of amides is 1. The van der Waals surface area contributed by atoms with Crippen LogP contribution < -0.4 is 11.2 Å². The minimum Gasteiger partial charge on any atom is -0.466 e. The predicted molar refractivity (Wildman–Crippen MR) is 76.3 cm³/mol. The Morgan fingerprint density at radius 1 is 1.35 bits per heavy atom. The molecular weight excluding hydrogens is 258 g/mol. The second kappa shape index (κ2) is 7.28. The average molecular weight is 277 g/mol. The highest BCUT2D eigenvalue weighted by molar-refractivity contribution is 5.99. The maximum atomic E-state index is 11.9. The van der Waals surface area contributed by atoms with E-state index in [1.54, 1.807) is 13.0 Å². The van der Waals surface area contributed by atoms with Gasteiger partial charge >= 0.3 is 5.97 Å². The molecule has 1 aromatic carbocycles. The number of rotatable bonds is 5. The molecule has 0 atom stereocenters. The van der Waals surface area contributed by atoms with Crippen LogP contribution in [0.2, 0.25) is 0 Å². The molecule has 1 aromatic rings. The third-order valence-electron chi connectivity index (χ3n) is 2.57. The van der Waals surface area contributed by atoms with Gasteiger partial charge in [-0.3, -0.25) is 9.59 Å². The van der Waals surface area contributed by atoms with Gasteiger partial charge in [-0.1, -0.05) is 17.7 Å². The van der Waals surface area contributed by atoms with Crippen molar-refractivity contribution in [3.63, 3.8) is 0 Å². The first-order chi connectivity index (χ1) is 9.43. The molecule has 108 valence electrons. The van der Waals surface area contributed by atoms with Gasteiger partial charge in [0.2, 0.25) is 0 Å². The Bertz CT molecular complexity index is 538. The molecule has 6 nitrogen and oxygen atoms in total. The molecule has 6 heteroatoms. The van der Waals surface area contributed by atoms with Crippen molar-refractivity contribution in [1.29, 1.82) is 0 Å². The molecule has 0 aromatic heterocycles. The van der Waals surface area contributed by atoms with Crippen LogP contribution >= 0.6 is 0 Å². The number of carbonyl (C=O) groups is 2. The molecule has 0 unspecified atom stereocenters. The van der Waals surface area contributed by atoms with E-state index in [0.717, 1.165) is 11.1 Å². The molecule has 0 aliphatic heterocycles. The van der Waals surface area contributed by atoms with Crippen LogP contribution in [-0.2, 0) is 9.53 Å². The average Bonchev–Trinajstić information content (AvgIpc) is 2.39. The molecule has 0 heterocycles. The summed E-state index contributed by atoms with van der Waals surface area (Å²) in [5, 5.41) is 3.69. The smallest absolute Gasteiger partial charge is 0.313 e. The zero-order valence-corrected chi connectivity index (χ0v) is 11.9. The van der Waals surface area contributed by atoms with Crippen molar-refractivity contribution in [3.8, 4) is 0 Å². The summed E-state index contributed by atoms with van der Waals surface area (Å²) in [5.41, 5.74) is 10.2. The highest BCUT2D eigenvalue weighted by atomic mass is 16.5. The number of nitrogens with zero attached hydrogens (tertiary/aromatic N) is 1. The third kappa shape index (κ3) is 4.72. The largest absolute Gasteiger partial charge is 0.466 e. The van der Waals surface area contributed by atoms with Gasteiger partial charge in [-0.05, 0) is 32.4 Å². The molecule has 0 fully saturated rings. The first-order valence-electron chi connectivity index (χ1n) is 6.29. The molecule has 0 saturated heterocycles. The minimum atomic E-state index is -0.477. The SMILES string of the molecule is CCOC(=O)CC(N)=NNC(=O)c1cc(C)ccc1C. The van der Waals surface area contributed by atoms with E-state index < -0.39 is 5.97 Å². The van der Waals surface area contributed by atoms with E-state index in [-0.39, 0.29) is 24.8 Å². The Hall–Kier alpha value is -2.37. The highest BCUT2D eigenvalue weighted by Gasteiger charge is 2.09. The summed E-state index contributed by atoms with van der Waals surface area (Å²) in [5.74, 6) is -0.838. The number of nitrogens with one attached hydrogen (secondary N) is 1. The summed E-state index contributed by atoms with van der Waals surface area (Å²) < 4.78 is 4.73. The van der Waals surface area contributed by atoms with Crippen molar-refractivity contribution < 1.29 is 14.3 Å². The van der Waals surface area contributed by atoms with Crippen LogP contribution in [0.3, 0.4) is 0 Å². The third-order valence-corrected chi connectivity index (χ3v) is 2.57. The number of amidine groups is 1. The Morgan fingerprint density at radius 3 is 2.70 bits per heavy atom. The zero-order valence-electron chi connectivity index (χ0n) is 11.9. The molecule has 0 spiro atoms. The molecule has 1 rings (SSSR count). The van der Waals surface area contributed by atoms with E-state index in [9.17, 15) is 9.59 Å². The van der Waals surface area contributed by atoms with Gasteiger partial charge in [-0.15, -0.1) is 0 Å². The lowest BCUT2D eigenvalue weighted by Gasteiger charge is -2.06.